The first-order valence-electron chi connectivity index (χ1n) is 8.75. The molecule has 0 saturated heterocycles. The summed E-state index contributed by atoms with van der Waals surface area (Å²) in [7, 11) is 1.59. The van der Waals surface area contributed by atoms with Crippen LogP contribution in [0, 0.1) is 10.1 Å². The van der Waals surface area contributed by atoms with Crippen molar-refractivity contribution >= 4 is 23.0 Å². The van der Waals surface area contributed by atoms with Crippen molar-refractivity contribution < 1.29 is 29.0 Å². The van der Waals surface area contributed by atoms with Crippen LogP contribution in [0.2, 0.25) is 0 Å². The third-order valence-electron chi connectivity index (χ3n) is 3.55. The van der Waals surface area contributed by atoms with E-state index < -0.39 is 11.0 Å². The second kappa shape index (κ2) is 14.4. The van der Waals surface area contributed by atoms with Gasteiger partial charge >= 0.3 is 0 Å². The maximum Gasteiger partial charge on any atom is 0.276 e. The van der Waals surface area contributed by atoms with E-state index in [0.717, 1.165) is 12.8 Å². The van der Waals surface area contributed by atoms with E-state index in [9.17, 15) is 15.2 Å². The minimum Gasteiger partial charge on any atom is -0.482 e. The molecule has 152 valence electrons. The van der Waals surface area contributed by atoms with Gasteiger partial charge in [-0.15, -0.1) is 0 Å². The molecule has 0 heterocycles. The van der Waals surface area contributed by atoms with E-state index in [1.165, 1.54) is 6.07 Å². The van der Waals surface area contributed by atoms with Gasteiger partial charge < -0.3 is 24.1 Å². The molecule has 1 N–H and O–H groups in total. The van der Waals surface area contributed by atoms with Gasteiger partial charge in [-0.2, -0.15) is 0 Å². The predicted octanol–water partition coefficient (Wildman–Crippen LogP) is 2.65. The van der Waals surface area contributed by atoms with Gasteiger partial charge in [0.2, 0.25) is 0 Å². The van der Waals surface area contributed by atoms with Gasteiger partial charge in [0, 0.05) is 26.2 Å². The third-order valence-corrected chi connectivity index (χ3v) is 3.87. The highest BCUT2D eigenvalue weighted by Gasteiger charge is 2.13. The van der Waals surface area contributed by atoms with Crippen molar-refractivity contribution in [2.45, 2.75) is 32.0 Å². The van der Waals surface area contributed by atoms with E-state index >= 15 is 0 Å². The Balaban J connectivity index is 2.07. The first-order valence-corrected chi connectivity index (χ1v) is 9.15. The topological polar surface area (TPSA) is 100 Å². The molecule has 0 aliphatic rings. The molecule has 1 unspecified atom stereocenters. The molecule has 8 nitrogen and oxygen atoms in total. The highest BCUT2D eigenvalue weighted by molar-refractivity contribution is 7.80. The van der Waals surface area contributed by atoms with Crippen LogP contribution < -0.4 is 0 Å². The molecular formula is C18H27NO7S. The Morgan fingerprint density at radius 1 is 1.19 bits per heavy atom. The number of nitrogens with zero attached hydrogens (tertiary/aromatic N) is 1. The number of unbranched alkanes of at least 4 members (excludes halogenated alkanes) is 1. The van der Waals surface area contributed by atoms with Crippen LogP contribution in [-0.2, 0) is 25.6 Å². The number of thiocarbonyl (C=S) groups is 1. The summed E-state index contributed by atoms with van der Waals surface area (Å²) in [5.41, 5.74) is 0.522. The first kappa shape index (κ1) is 23.4. The molecule has 0 bridgehead atoms. The zero-order valence-electron chi connectivity index (χ0n) is 15.5. The zero-order chi connectivity index (χ0) is 19.9. The lowest BCUT2D eigenvalue weighted by atomic mass is 10.2. The summed E-state index contributed by atoms with van der Waals surface area (Å²) in [4.78, 5) is 10.5. The Kier molecular flexibility index (Phi) is 12.5. The Hall–Kier alpha value is -1.65. The molecule has 0 spiro atoms. The number of hydrogen-bond acceptors (Lipinski definition) is 8. The summed E-state index contributed by atoms with van der Waals surface area (Å²) < 4.78 is 20.9. The van der Waals surface area contributed by atoms with Gasteiger partial charge in [0.25, 0.3) is 5.69 Å². The van der Waals surface area contributed by atoms with Crippen LogP contribution in [0.5, 0.6) is 0 Å². The van der Waals surface area contributed by atoms with Crippen LogP contribution in [-0.4, -0.2) is 61.3 Å². The molecular weight excluding hydrogens is 374 g/mol. The lowest BCUT2D eigenvalue weighted by molar-refractivity contribution is -0.385. The molecule has 0 aromatic heterocycles. The van der Waals surface area contributed by atoms with Crippen molar-refractivity contribution in [3.8, 4) is 0 Å². The van der Waals surface area contributed by atoms with Gasteiger partial charge in [-0.1, -0.05) is 12.1 Å². The molecule has 0 aliphatic carbocycles. The number of nitro benzene ring substituents is 1. The number of methoxy groups -OCH3 is 1. The largest absolute Gasteiger partial charge is 0.482 e. The quantitative estimate of drug-likeness (QED) is 0.207. The molecule has 0 fully saturated rings. The van der Waals surface area contributed by atoms with Gasteiger partial charge in [0.05, 0.1) is 36.9 Å². The van der Waals surface area contributed by atoms with Crippen molar-refractivity contribution in [3.63, 3.8) is 0 Å². The smallest absolute Gasteiger partial charge is 0.276 e. The lowest BCUT2D eigenvalue weighted by Gasteiger charge is -2.12. The van der Waals surface area contributed by atoms with Crippen molar-refractivity contribution in [3.05, 3.63) is 39.9 Å². The fraction of sp³-hybridized carbons (Fsp3) is 0.611. The Morgan fingerprint density at radius 3 is 2.59 bits per heavy atom. The first-order chi connectivity index (χ1) is 13.0. The number of aliphatic hydroxyl groups is 1. The second-order valence-corrected chi connectivity index (χ2v) is 6.26. The van der Waals surface area contributed by atoms with E-state index in [4.69, 9.17) is 31.2 Å². The third kappa shape index (κ3) is 10.9. The second-order valence-electron chi connectivity index (χ2n) is 5.80. The van der Waals surface area contributed by atoms with E-state index in [1.54, 1.807) is 25.3 Å². The average Bonchev–Trinajstić information content (AvgIpc) is 2.66. The van der Waals surface area contributed by atoms with Gasteiger partial charge in [-0.3, -0.25) is 10.1 Å². The summed E-state index contributed by atoms with van der Waals surface area (Å²) in [6.45, 7) is 1.95. The van der Waals surface area contributed by atoms with Crippen LogP contribution in [0.15, 0.2) is 24.3 Å². The summed E-state index contributed by atoms with van der Waals surface area (Å²) >= 11 is 5.15. The molecule has 1 aromatic carbocycles. The Labute approximate surface area is 164 Å². The minimum atomic E-state index is -0.659. The fourth-order valence-electron chi connectivity index (χ4n) is 2.14. The summed E-state index contributed by atoms with van der Waals surface area (Å²) in [5, 5.41) is 21.0. The van der Waals surface area contributed by atoms with Gasteiger partial charge in [-0.25, -0.2) is 0 Å². The maximum absolute atomic E-state index is 10.9. The number of aliphatic hydroxyl groups excluding tert-OH is 1. The summed E-state index contributed by atoms with van der Waals surface area (Å²) in [5.74, 6) is 0. The number of para-hydroxylation sites is 1. The molecule has 27 heavy (non-hydrogen) atoms. The van der Waals surface area contributed by atoms with Crippen molar-refractivity contribution in [1.82, 2.24) is 0 Å². The van der Waals surface area contributed by atoms with Crippen LogP contribution >= 0.6 is 12.2 Å². The fourth-order valence-corrected chi connectivity index (χ4v) is 2.35. The number of nitro groups is 1. The summed E-state index contributed by atoms with van der Waals surface area (Å²) in [6.07, 6.45) is 1.46. The van der Waals surface area contributed by atoms with Crippen molar-refractivity contribution in [2.75, 3.05) is 40.1 Å². The molecule has 1 rings (SSSR count). The highest BCUT2D eigenvalue weighted by atomic mass is 32.1. The van der Waals surface area contributed by atoms with Crippen LogP contribution in [0.1, 0.15) is 24.8 Å². The average molecular weight is 401 g/mol. The number of rotatable bonds is 15. The number of hydrogen-bond donors (Lipinski definition) is 1. The van der Waals surface area contributed by atoms with E-state index in [-0.39, 0.29) is 25.5 Å². The molecule has 0 amide bonds. The van der Waals surface area contributed by atoms with Crippen molar-refractivity contribution in [2.24, 2.45) is 0 Å². The molecule has 0 saturated carbocycles. The monoisotopic (exact) mass is 401 g/mol. The predicted molar refractivity (Wildman–Crippen MR) is 104 cm³/mol. The standard InChI is InChI=1S/C18H27NO7S/c1-23-10-11-25-14-16(20)13-24-9-5-4-8-18(27)26-12-15-6-2-3-7-17(15)19(21)22/h2-3,6-7,16,20H,4-5,8-14H2,1H3. The highest BCUT2D eigenvalue weighted by Crippen LogP contribution is 2.18. The Morgan fingerprint density at radius 2 is 1.89 bits per heavy atom. The van der Waals surface area contributed by atoms with E-state index in [0.29, 0.717) is 36.9 Å². The van der Waals surface area contributed by atoms with E-state index in [1.807, 2.05) is 0 Å². The molecule has 0 radical (unpaired) electrons. The minimum absolute atomic E-state index is 0.0263. The molecule has 1 atom stereocenters. The van der Waals surface area contributed by atoms with Crippen molar-refractivity contribution in [1.29, 1.82) is 0 Å². The van der Waals surface area contributed by atoms with Crippen LogP contribution in [0.4, 0.5) is 5.69 Å². The zero-order valence-corrected chi connectivity index (χ0v) is 16.3. The number of benzene rings is 1. The lowest BCUT2D eigenvalue weighted by Crippen LogP contribution is -2.23. The molecule has 9 heteroatoms. The van der Waals surface area contributed by atoms with Gasteiger partial charge in [-0.05, 0) is 31.1 Å². The molecule has 0 aliphatic heterocycles. The SMILES string of the molecule is COCCOCC(O)COCCCCC(=S)OCc1ccccc1[N+](=O)[O-]. The van der Waals surface area contributed by atoms with E-state index in [2.05, 4.69) is 0 Å². The number of ether oxygens (including phenoxy) is 4. The van der Waals surface area contributed by atoms with Crippen LogP contribution in [0.3, 0.4) is 0 Å². The maximum atomic E-state index is 10.9. The van der Waals surface area contributed by atoms with Crippen LogP contribution in [0.25, 0.3) is 0 Å². The normalized spacial score (nSPS) is 11.9. The molecule has 1 aromatic rings. The van der Waals surface area contributed by atoms with Gasteiger partial charge in [0.1, 0.15) is 12.7 Å². The summed E-state index contributed by atoms with van der Waals surface area (Å²) in [6, 6.07) is 6.43. The van der Waals surface area contributed by atoms with Gasteiger partial charge in [0.15, 0.2) is 5.05 Å². The Bertz CT molecular complexity index is 570.